The fraction of sp³-hybridized carbons (Fsp3) is 0.417. The van der Waals surface area contributed by atoms with E-state index in [1.165, 1.54) is 81.4 Å². The van der Waals surface area contributed by atoms with Crippen molar-refractivity contribution in [3.8, 4) is 80.1 Å². The molecule has 43 nitrogen and oxygen atoms in total. The van der Waals surface area contributed by atoms with Crippen molar-refractivity contribution in [2.75, 3.05) is 20.3 Å². The highest BCUT2D eigenvalue weighted by atomic mass is 16.7. The molecule has 43 heteroatoms. The molecular formula is C84H92N8O35. The van der Waals surface area contributed by atoms with Gasteiger partial charge in [-0.15, -0.1) is 0 Å². The molecule has 10 aliphatic heterocycles. The van der Waals surface area contributed by atoms with E-state index in [2.05, 4.69) is 31.9 Å². The van der Waals surface area contributed by atoms with E-state index in [4.69, 9.17) is 68.3 Å². The summed E-state index contributed by atoms with van der Waals surface area (Å²) < 4.78 is 74.0. The topological polar surface area (TPSA) is 678 Å². The zero-order valence-corrected chi connectivity index (χ0v) is 67.4. The number of rotatable bonds is 11. The summed E-state index contributed by atoms with van der Waals surface area (Å²) in [5.74, 6) is -16.2. The van der Waals surface area contributed by atoms with Crippen LogP contribution in [0.15, 0.2) is 121 Å². The number of phenols is 4. The van der Waals surface area contributed by atoms with Gasteiger partial charge in [0.05, 0.1) is 38.6 Å². The number of aromatic hydroxyl groups is 4. The fourth-order valence-electron chi connectivity index (χ4n) is 16.0. The van der Waals surface area contributed by atoms with Crippen LogP contribution in [0.1, 0.15) is 107 Å². The second kappa shape index (κ2) is 36.5. The largest absolute Gasteiger partial charge is 0.508 e. The number of aliphatic hydroxyl groups excluding tert-OH is 12. The van der Waals surface area contributed by atoms with E-state index in [0.717, 1.165) is 67.8 Å². The van der Waals surface area contributed by atoms with Crippen molar-refractivity contribution in [3.63, 3.8) is 0 Å². The summed E-state index contributed by atoms with van der Waals surface area (Å²) in [5, 5.41) is 198. The first-order valence-corrected chi connectivity index (χ1v) is 40.0. The van der Waals surface area contributed by atoms with Gasteiger partial charge in [-0.05, 0) is 133 Å². The molecular weight excluding hydrogens is 1680 g/mol. The predicted molar refractivity (Wildman–Crippen MR) is 424 cm³/mol. The first-order valence-electron chi connectivity index (χ1n) is 40.0. The molecule has 127 heavy (non-hydrogen) atoms. The smallest absolute Gasteiger partial charge is 0.333 e. The Morgan fingerprint density at radius 2 is 0.984 bits per heavy atom. The molecule has 10 aliphatic rings. The maximum absolute atomic E-state index is 16.9. The number of nitrogens with two attached hydrogens (primary N) is 2. The molecule has 0 saturated carbocycles. The van der Waals surface area contributed by atoms with Crippen LogP contribution < -0.4 is 67.1 Å². The van der Waals surface area contributed by atoms with Gasteiger partial charge in [-0.2, -0.15) is 0 Å². The number of carbonyl (C=O) groups is 7. The molecule has 7 aromatic rings. The predicted octanol–water partition coefficient (Wildman–Crippen LogP) is -2.79. The van der Waals surface area contributed by atoms with Crippen molar-refractivity contribution in [1.82, 2.24) is 31.9 Å². The van der Waals surface area contributed by atoms with Gasteiger partial charge in [0.1, 0.15) is 156 Å². The molecule has 678 valence electrons. The molecule has 0 radical (unpaired) electrons. The van der Waals surface area contributed by atoms with E-state index in [0.29, 0.717) is 0 Å². The van der Waals surface area contributed by atoms with Gasteiger partial charge in [0.25, 0.3) is 0 Å². The van der Waals surface area contributed by atoms with Gasteiger partial charge in [0, 0.05) is 40.8 Å². The van der Waals surface area contributed by atoms with E-state index < -0.39 is 305 Å². The summed E-state index contributed by atoms with van der Waals surface area (Å²) in [5.41, 5.74) is 9.79. The van der Waals surface area contributed by atoms with Crippen LogP contribution in [-0.4, -0.2) is 272 Å². The third-order valence-electron chi connectivity index (χ3n) is 23.3. The van der Waals surface area contributed by atoms with Crippen LogP contribution in [-0.2, 0) is 66.7 Å². The van der Waals surface area contributed by atoms with E-state index in [1.54, 1.807) is 0 Å². The van der Waals surface area contributed by atoms with Crippen LogP contribution in [0.5, 0.6) is 69.0 Å². The lowest BCUT2D eigenvalue weighted by Gasteiger charge is -2.42. The molecule has 0 aromatic heterocycles. The maximum atomic E-state index is 16.9. The maximum Gasteiger partial charge on any atom is 0.333 e. The van der Waals surface area contributed by atoms with E-state index in [-0.39, 0.29) is 51.7 Å². The van der Waals surface area contributed by atoms with Crippen LogP contribution >= 0.6 is 0 Å². The summed E-state index contributed by atoms with van der Waals surface area (Å²) in [6.07, 6.45) is -37.1. The summed E-state index contributed by atoms with van der Waals surface area (Å²) in [6.45, 7) is 2.35. The molecule has 10 heterocycles. The average molecular weight is 1770 g/mol. The number of benzene rings is 7. The van der Waals surface area contributed by atoms with E-state index in [1.807, 2.05) is 0 Å². The average Bonchev–Trinajstić information content (AvgIpc) is 0.744. The highest BCUT2D eigenvalue weighted by molar-refractivity contribution is 6.00. The Kier molecular flexibility index (Phi) is 25.9. The zero-order chi connectivity index (χ0) is 90.9. The molecule has 26 N–H and O–H groups in total. The van der Waals surface area contributed by atoms with Gasteiger partial charge in [-0.25, -0.2) is 4.79 Å². The second-order valence-electron chi connectivity index (χ2n) is 31.7. The Morgan fingerprint density at radius 1 is 0.465 bits per heavy atom. The van der Waals surface area contributed by atoms with Crippen LogP contribution in [0.25, 0.3) is 11.1 Å². The molecule has 0 aliphatic carbocycles. The quantitative estimate of drug-likeness (QED) is 0.0582. The number of hydrogen-bond donors (Lipinski definition) is 24. The fourth-order valence-corrected chi connectivity index (χ4v) is 16.0. The molecule has 2 unspecified atom stereocenters. The Bertz CT molecular complexity index is 5330. The van der Waals surface area contributed by atoms with Crippen LogP contribution in [0.3, 0.4) is 0 Å². The number of carbonyl (C=O) groups excluding carboxylic acids is 7. The molecule has 17 rings (SSSR count). The molecule has 6 amide bonds. The first kappa shape index (κ1) is 90.0. The molecule has 0 spiro atoms. The summed E-state index contributed by atoms with van der Waals surface area (Å²) in [4.78, 5) is 111. The summed E-state index contributed by atoms with van der Waals surface area (Å²) >= 11 is 0. The minimum atomic E-state index is -2.46. The van der Waals surface area contributed by atoms with Gasteiger partial charge in [-0.3, -0.25) is 28.8 Å². The van der Waals surface area contributed by atoms with Crippen LogP contribution in [0.4, 0.5) is 0 Å². The number of hydrogen-bond acceptors (Lipinski definition) is 37. The van der Waals surface area contributed by atoms with Gasteiger partial charge in [0.15, 0.2) is 41.6 Å². The van der Waals surface area contributed by atoms with E-state index >= 15 is 24.0 Å². The van der Waals surface area contributed by atoms with Gasteiger partial charge in [0.2, 0.25) is 53.8 Å². The molecule has 4 saturated heterocycles. The normalized spacial score (nSPS) is 33.3. The minimum absolute atomic E-state index is 0.0198. The summed E-state index contributed by atoms with van der Waals surface area (Å²) in [7, 11) is 0.901. The van der Waals surface area contributed by atoms with Crippen molar-refractivity contribution < 1.29 is 172 Å². The van der Waals surface area contributed by atoms with Crippen molar-refractivity contribution in [3.05, 3.63) is 166 Å². The molecule has 28 atom stereocenters. The van der Waals surface area contributed by atoms with Gasteiger partial charge >= 0.3 is 5.97 Å². The van der Waals surface area contributed by atoms with Crippen molar-refractivity contribution in [2.45, 2.75) is 198 Å². The number of amides is 6. The lowest BCUT2D eigenvalue weighted by molar-refractivity contribution is -0.318. The highest BCUT2D eigenvalue weighted by Crippen LogP contribution is 2.50. The Labute approximate surface area is 718 Å². The number of aliphatic hydroxyl groups is 12. The highest BCUT2D eigenvalue weighted by Gasteiger charge is 2.52. The molecule has 4 fully saturated rings. The standard InChI is InChI=1S/C84H92N8O35/c1-28-45(97)18-35-20-46(28)122-47-19-33(9-16-44(47)96)55(86)75(109)91-60-64(100)31-5-11-38(12-6-31)120-49-21-36-22-50(74(49)127-84-72(108)69(105)66(102)52(125-84)27-117-82-70(106)67(103)63(99)30(3)119-82)121-39-13-7-32(8-14-39)73(126-53-25-42(85)62(98)29(2)118-53)61-80(114)90-59(81(115)116-4)41-23-37(94)24-48(123-83-71(107)68(104)65(101)51(26-93)124-83)54(41)40-17-34(10-15-43(40)95)56(76(110)92-61)87-78(112)58(36)88-77(111)57(35)89-79(60)113/h5-24,29-30,42,51-53,55-73,82-84,93-108H,25-27,85-86H2,1-4H3,(H,87,112)(H,88,111)(H,89,113)(H,90,114)(H,91,109)(H,92,110)/t29-,30-,42-,51+,52+,53?,55+,56+,57-,58+,59+,60+,61-,62-,63-,64+,65+,66+,67+,68-,69-,70+,71-,72+,73+,82+,83?,84-/m0/s1. The molecule has 17 bridgehead atoms. The SMILES string of the molecule is COC(=O)[C@@H]1NC(=O)[C@H]2NC(=O)[C@H](NC(=O)[C@@H]3NC(=O)[C@H]4NC(=O)[C@H](NC(=O)[C@H](N)c5ccc(O)c(c5)Oc5cc4cc(O)c5C)[C@H](O)c4ccc(cc4)Oc4cc3cc(c4O[C@@H]3O[C@H](CO[C@@H]4O[C@@H](C)[C@H](O)[C@@H](O)[C@H]4O)[C@@H](O)[C@H](O)[C@H]3O)Oc3ccc(cc3)[C@H]2OC2C[C@H](N)[C@@H](O)[C@H](C)O2)c2ccc(O)c(c2)-c2c(OC3O[C@H](CO)[C@@H](O)[C@H](O)[C@@H]3O)cc(O)cc21. The number of phenolic OH excluding ortho intramolecular Hbond substituents is 4. The number of methoxy groups -OCH3 is 1. The third-order valence-corrected chi connectivity index (χ3v) is 23.3. The minimum Gasteiger partial charge on any atom is -0.508 e. The van der Waals surface area contributed by atoms with Crippen LogP contribution in [0, 0.1) is 6.92 Å². The van der Waals surface area contributed by atoms with Crippen LogP contribution in [0.2, 0.25) is 0 Å². The van der Waals surface area contributed by atoms with Crippen molar-refractivity contribution in [1.29, 1.82) is 0 Å². The lowest BCUT2D eigenvalue weighted by atomic mass is 9.89. The number of nitrogens with one attached hydrogen (secondary N) is 6. The van der Waals surface area contributed by atoms with Gasteiger partial charge in [-0.1, -0.05) is 36.4 Å². The zero-order valence-electron chi connectivity index (χ0n) is 67.4. The second-order valence-corrected chi connectivity index (χ2v) is 31.7. The lowest BCUT2D eigenvalue weighted by Crippen LogP contribution is -2.61. The van der Waals surface area contributed by atoms with E-state index in [9.17, 15) is 91.3 Å². The Hall–Kier alpha value is -11.8. The molecule has 7 aromatic carbocycles. The number of esters is 1. The van der Waals surface area contributed by atoms with Crippen molar-refractivity contribution in [2.24, 2.45) is 11.5 Å². The first-order chi connectivity index (χ1) is 60.4. The Morgan fingerprint density at radius 3 is 1.62 bits per heavy atom. The third kappa shape index (κ3) is 17.9. The van der Waals surface area contributed by atoms with Gasteiger partial charge < -0.3 is 182 Å². The summed E-state index contributed by atoms with van der Waals surface area (Å²) in [6, 6.07) is 5.99. The monoisotopic (exact) mass is 1770 g/mol. The van der Waals surface area contributed by atoms with Crippen molar-refractivity contribution >= 4 is 41.4 Å². The number of fused-ring (bicyclic) bond motifs is 14. The number of ether oxygens (including phenoxy) is 12. The Balaban J connectivity index is 0.966.